The molecule has 0 saturated heterocycles. The number of oxazole rings is 1. The standard InChI is InChI=1S/C24H23N5O4/c30-29(31)23-7-2-1-6-20(23)10-13-24-26-21(18-33-24)17-32-22-11-8-19(9-12-22)5-3-4-15-28-16-14-25-27-28/h1-2,6-14,16,18H,3-5,15,17H2/b13-10+. The normalized spacial score (nSPS) is 11.2. The first-order valence-electron chi connectivity index (χ1n) is 10.6. The van der Waals surface area contributed by atoms with Gasteiger partial charge in [-0.05, 0) is 49.1 Å². The lowest BCUT2D eigenvalue weighted by Gasteiger charge is -2.06. The number of nitro benzene ring substituents is 1. The lowest BCUT2D eigenvalue weighted by atomic mass is 10.1. The topological polar surface area (TPSA) is 109 Å². The highest BCUT2D eigenvalue weighted by molar-refractivity contribution is 5.71. The van der Waals surface area contributed by atoms with Crippen molar-refractivity contribution >= 4 is 17.8 Å². The number of hydrogen-bond donors (Lipinski definition) is 0. The minimum absolute atomic E-state index is 0.0301. The van der Waals surface area contributed by atoms with Crippen molar-refractivity contribution in [2.24, 2.45) is 0 Å². The monoisotopic (exact) mass is 445 g/mol. The maximum Gasteiger partial charge on any atom is 0.276 e. The third kappa shape index (κ3) is 6.36. The van der Waals surface area contributed by atoms with E-state index in [1.165, 1.54) is 17.9 Å². The zero-order chi connectivity index (χ0) is 22.9. The van der Waals surface area contributed by atoms with E-state index in [0.29, 0.717) is 17.1 Å². The summed E-state index contributed by atoms with van der Waals surface area (Å²) in [7, 11) is 0. The fraction of sp³-hybridized carbons (Fsp3) is 0.208. The quantitative estimate of drug-likeness (QED) is 0.183. The van der Waals surface area contributed by atoms with Crippen LogP contribution in [-0.4, -0.2) is 24.9 Å². The van der Waals surface area contributed by atoms with E-state index >= 15 is 0 Å². The van der Waals surface area contributed by atoms with Crippen LogP contribution < -0.4 is 4.74 Å². The van der Waals surface area contributed by atoms with E-state index in [2.05, 4.69) is 27.4 Å². The molecule has 2 aromatic carbocycles. The molecule has 168 valence electrons. The Bertz CT molecular complexity index is 1200. The van der Waals surface area contributed by atoms with Crippen LogP contribution in [0.3, 0.4) is 0 Å². The van der Waals surface area contributed by atoms with E-state index in [9.17, 15) is 10.1 Å². The molecule has 9 nitrogen and oxygen atoms in total. The average molecular weight is 445 g/mol. The smallest absolute Gasteiger partial charge is 0.276 e. The van der Waals surface area contributed by atoms with Crippen molar-refractivity contribution < 1.29 is 14.1 Å². The summed E-state index contributed by atoms with van der Waals surface area (Å²) >= 11 is 0. The summed E-state index contributed by atoms with van der Waals surface area (Å²) in [5.41, 5.74) is 2.40. The number of para-hydroxylation sites is 1. The summed E-state index contributed by atoms with van der Waals surface area (Å²) in [6.45, 7) is 1.14. The molecule has 4 rings (SSSR count). The largest absolute Gasteiger partial charge is 0.487 e. The van der Waals surface area contributed by atoms with Gasteiger partial charge in [0.15, 0.2) is 0 Å². The second-order valence-electron chi connectivity index (χ2n) is 7.38. The molecule has 0 saturated carbocycles. The molecule has 33 heavy (non-hydrogen) atoms. The SMILES string of the molecule is O=[N+]([O-])c1ccccc1/C=C/c1nc(COc2ccc(CCCCn3ccnn3)cc2)co1. The minimum Gasteiger partial charge on any atom is -0.487 e. The van der Waals surface area contributed by atoms with Crippen molar-refractivity contribution in [3.63, 3.8) is 0 Å². The Morgan fingerprint density at radius 3 is 2.73 bits per heavy atom. The lowest BCUT2D eigenvalue weighted by Crippen LogP contribution is -1.99. The molecule has 2 heterocycles. The van der Waals surface area contributed by atoms with E-state index in [-0.39, 0.29) is 12.3 Å². The Morgan fingerprint density at radius 2 is 1.94 bits per heavy atom. The number of aromatic nitrogens is 4. The molecule has 0 aliphatic rings. The molecule has 0 radical (unpaired) electrons. The number of nitro groups is 1. The number of nitrogens with zero attached hydrogens (tertiary/aromatic N) is 5. The highest BCUT2D eigenvalue weighted by Crippen LogP contribution is 2.20. The van der Waals surface area contributed by atoms with Gasteiger partial charge in [-0.15, -0.1) is 5.10 Å². The van der Waals surface area contributed by atoms with Crippen LogP contribution in [0.5, 0.6) is 5.75 Å². The number of hydrogen-bond acceptors (Lipinski definition) is 7. The number of ether oxygens (including phenoxy) is 1. The maximum absolute atomic E-state index is 11.1. The van der Waals surface area contributed by atoms with Crippen molar-refractivity contribution in [2.45, 2.75) is 32.4 Å². The summed E-state index contributed by atoms with van der Waals surface area (Å²) in [5.74, 6) is 1.11. The van der Waals surface area contributed by atoms with Crippen molar-refractivity contribution in [3.05, 3.63) is 100 Å². The van der Waals surface area contributed by atoms with Gasteiger partial charge in [0.05, 0.1) is 16.7 Å². The minimum atomic E-state index is -0.418. The van der Waals surface area contributed by atoms with Gasteiger partial charge < -0.3 is 9.15 Å². The second-order valence-corrected chi connectivity index (χ2v) is 7.38. The highest BCUT2D eigenvalue weighted by Gasteiger charge is 2.10. The van der Waals surface area contributed by atoms with Gasteiger partial charge in [0, 0.05) is 24.9 Å². The molecular weight excluding hydrogens is 422 g/mol. The summed E-state index contributed by atoms with van der Waals surface area (Å²) < 4.78 is 13.1. The molecule has 2 aromatic heterocycles. The molecule has 0 fully saturated rings. The summed E-state index contributed by atoms with van der Waals surface area (Å²) in [4.78, 5) is 15.0. The fourth-order valence-electron chi connectivity index (χ4n) is 3.29. The molecule has 0 unspecified atom stereocenters. The van der Waals surface area contributed by atoms with Crippen LogP contribution in [-0.2, 0) is 19.6 Å². The van der Waals surface area contributed by atoms with Crippen LogP contribution in [0.1, 0.15) is 35.6 Å². The van der Waals surface area contributed by atoms with E-state index < -0.39 is 4.92 Å². The predicted octanol–water partition coefficient (Wildman–Crippen LogP) is 4.95. The average Bonchev–Trinajstić information content (AvgIpc) is 3.52. The molecule has 0 atom stereocenters. The number of benzene rings is 2. The van der Waals surface area contributed by atoms with Crippen LogP contribution in [0.25, 0.3) is 12.2 Å². The summed E-state index contributed by atoms with van der Waals surface area (Å²) in [6, 6.07) is 14.5. The Balaban J connectivity index is 1.24. The third-order valence-corrected chi connectivity index (χ3v) is 4.99. The molecule has 9 heteroatoms. The molecule has 0 spiro atoms. The van der Waals surface area contributed by atoms with Gasteiger partial charge in [-0.2, -0.15) is 0 Å². The van der Waals surface area contributed by atoms with E-state index in [1.807, 2.05) is 23.0 Å². The van der Waals surface area contributed by atoms with E-state index in [4.69, 9.17) is 9.15 Å². The lowest BCUT2D eigenvalue weighted by molar-refractivity contribution is -0.385. The Labute approximate surface area is 190 Å². The maximum atomic E-state index is 11.1. The number of unbranched alkanes of at least 4 members (excludes halogenated alkanes) is 1. The van der Waals surface area contributed by atoms with Gasteiger partial charge in [-0.1, -0.05) is 29.5 Å². The summed E-state index contributed by atoms with van der Waals surface area (Å²) in [6.07, 6.45) is 11.4. The predicted molar refractivity (Wildman–Crippen MR) is 122 cm³/mol. The van der Waals surface area contributed by atoms with Crippen molar-refractivity contribution in [3.8, 4) is 5.75 Å². The molecule has 0 N–H and O–H groups in total. The highest BCUT2D eigenvalue weighted by atomic mass is 16.6. The van der Waals surface area contributed by atoms with Crippen LogP contribution >= 0.6 is 0 Å². The fourth-order valence-corrected chi connectivity index (χ4v) is 3.29. The molecule has 0 amide bonds. The van der Waals surface area contributed by atoms with Crippen LogP contribution in [0.2, 0.25) is 0 Å². The van der Waals surface area contributed by atoms with Gasteiger partial charge in [0.1, 0.15) is 24.3 Å². The molecule has 4 aromatic rings. The molecule has 0 aliphatic carbocycles. The first-order chi connectivity index (χ1) is 16.2. The first-order valence-corrected chi connectivity index (χ1v) is 10.6. The van der Waals surface area contributed by atoms with Gasteiger partial charge in [0.2, 0.25) is 5.89 Å². The second kappa shape index (κ2) is 10.9. The number of aryl methyl sites for hydroxylation is 2. The van der Waals surface area contributed by atoms with E-state index in [1.54, 1.807) is 36.5 Å². The Hall–Kier alpha value is -4.27. The molecular formula is C24H23N5O4. The van der Waals surface area contributed by atoms with Gasteiger partial charge in [-0.25, -0.2) is 4.98 Å². The Morgan fingerprint density at radius 1 is 1.09 bits per heavy atom. The van der Waals surface area contributed by atoms with Gasteiger partial charge >= 0.3 is 0 Å². The number of rotatable bonds is 11. The first kappa shape index (κ1) is 21.9. The van der Waals surface area contributed by atoms with Crippen molar-refractivity contribution in [1.82, 2.24) is 20.0 Å². The zero-order valence-corrected chi connectivity index (χ0v) is 17.9. The van der Waals surface area contributed by atoms with Gasteiger partial charge in [-0.3, -0.25) is 14.8 Å². The van der Waals surface area contributed by atoms with Crippen LogP contribution in [0.15, 0.2) is 71.6 Å². The van der Waals surface area contributed by atoms with E-state index in [0.717, 1.165) is 31.6 Å². The third-order valence-electron chi connectivity index (χ3n) is 4.99. The van der Waals surface area contributed by atoms with Crippen molar-refractivity contribution in [1.29, 1.82) is 0 Å². The Kier molecular flexibility index (Phi) is 7.22. The van der Waals surface area contributed by atoms with Gasteiger partial charge in [0.25, 0.3) is 5.69 Å². The zero-order valence-electron chi connectivity index (χ0n) is 17.9. The summed E-state index contributed by atoms with van der Waals surface area (Å²) in [5, 5.41) is 18.9. The van der Waals surface area contributed by atoms with Crippen molar-refractivity contribution in [2.75, 3.05) is 0 Å². The van der Waals surface area contributed by atoms with Crippen LogP contribution in [0, 0.1) is 10.1 Å². The van der Waals surface area contributed by atoms with Crippen LogP contribution in [0.4, 0.5) is 5.69 Å². The molecule has 0 bridgehead atoms. The molecule has 0 aliphatic heterocycles.